The average molecular weight is 284 g/mol. The molecule has 0 bridgehead atoms. The predicted octanol–water partition coefficient (Wildman–Crippen LogP) is -1.64. The molecule has 1 aromatic rings. The molecule has 110 valence electrons. The first-order chi connectivity index (χ1) is 9.38. The van der Waals surface area contributed by atoms with Gasteiger partial charge >= 0.3 is 12.8 Å². The van der Waals surface area contributed by atoms with E-state index in [2.05, 4.69) is 4.98 Å². The number of aliphatic hydroxyl groups excluding tert-OH is 1. The molecular weight excluding hydrogens is 267 g/mol. The zero-order valence-corrected chi connectivity index (χ0v) is 11.0. The number of aryl methyl sites for hydroxylation is 1. The van der Waals surface area contributed by atoms with Crippen LogP contribution in [-0.4, -0.2) is 44.0 Å². The van der Waals surface area contributed by atoms with Crippen molar-refractivity contribution in [2.24, 2.45) is 0 Å². The minimum atomic E-state index is -1.46. The van der Waals surface area contributed by atoms with Crippen molar-refractivity contribution in [1.29, 1.82) is 0 Å². The van der Waals surface area contributed by atoms with Gasteiger partial charge in [0.05, 0.1) is 12.2 Å². The predicted molar refractivity (Wildman–Crippen MR) is 70.2 cm³/mol. The van der Waals surface area contributed by atoms with Crippen LogP contribution in [0.1, 0.15) is 24.6 Å². The van der Waals surface area contributed by atoms with Gasteiger partial charge in [-0.15, -0.1) is 0 Å². The van der Waals surface area contributed by atoms with Gasteiger partial charge in [0.25, 0.3) is 5.56 Å². The topological polar surface area (TPSA) is 125 Å². The zero-order chi connectivity index (χ0) is 14.9. The Morgan fingerprint density at radius 2 is 2.20 bits per heavy atom. The van der Waals surface area contributed by atoms with Gasteiger partial charge in [-0.3, -0.25) is 14.3 Å². The summed E-state index contributed by atoms with van der Waals surface area (Å²) in [5, 5.41) is 27.5. The summed E-state index contributed by atoms with van der Waals surface area (Å²) in [6, 6.07) is 0. The van der Waals surface area contributed by atoms with E-state index in [0.29, 0.717) is 5.56 Å². The van der Waals surface area contributed by atoms with Crippen LogP contribution in [0.2, 0.25) is 6.32 Å². The van der Waals surface area contributed by atoms with Gasteiger partial charge in [-0.05, 0) is 19.7 Å². The van der Waals surface area contributed by atoms with E-state index in [9.17, 15) is 14.7 Å². The molecule has 2 heterocycles. The summed E-state index contributed by atoms with van der Waals surface area (Å²) in [5.74, 6) is 0. The molecule has 9 heteroatoms. The van der Waals surface area contributed by atoms with Gasteiger partial charge in [-0.1, -0.05) is 0 Å². The van der Waals surface area contributed by atoms with E-state index in [4.69, 9.17) is 14.8 Å². The Kier molecular flexibility index (Phi) is 4.43. The lowest BCUT2D eigenvalue weighted by Crippen LogP contribution is -2.33. The van der Waals surface area contributed by atoms with Crippen molar-refractivity contribution in [1.82, 2.24) is 9.55 Å². The molecule has 0 aliphatic carbocycles. The molecule has 0 amide bonds. The summed E-state index contributed by atoms with van der Waals surface area (Å²) in [4.78, 5) is 25.2. The molecule has 4 N–H and O–H groups in total. The van der Waals surface area contributed by atoms with Crippen molar-refractivity contribution in [3.63, 3.8) is 0 Å². The maximum absolute atomic E-state index is 11.7. The molecule has 1 fully saturated rings. The summed E-state index contributed by atoms with van der Waals surface area (Å²) in [7, 11) is -1.46. The smallest absolute Gasteiger partial charge is 0.427 e. The van der Waals surface area contributed by atoms with Crippen LogP contribution in [0.3, 0.4) is 0 Å². The van der Waals surface area contributed by atoms with Gasteiger partial charge in [0.1, 0.15) is 6.23 Å². The molecule has 0 radical (unpaired) electrons. The number of nitrogens with one attached hydrogen (secondary N) is 1. The molecule has 8 nitrogen and oxygen atoms in total. The van der Waals surface area contributed by atoms with E-state index in [1.807, 2.05) is 0 Å². The van der Waals surface area contributed by atoms with Crippen molar-refractivity contribution >= 4 is 7.12 Å². The van der Waals surface area contributed by atoms with Crippen molar-refractivity contribution in [3.05, 3.63) is 32.6 Å². The minimum absolute atomic E-state index is 0.0774. The number of aromatic amines is 1. The lowest BCUT2D eigenvalue weighted by molar-refractivity contribution is -0.0224. The van der Waals surface area contributed by atoms with E-state index in [0.717, 1.165) is 0 Å². The summed E-state index contributed by atoms with van der Waals surface area (Å²) < 4.78 is 6.79. The summed E-state index contributed by atoms with van der Waals surface area (Å²) in [6.45, 7) is 1.57. The van der Waals surface area contributed by atoms with Crippen LogP contribution in [0.5, 0.6) is 0 Å². The number of ether oxygens (including phenoxy) is 1. The molecule has 20 heavy (non-hydrogen) atoms. The lowest BCUT2D eigenvalue weighted by atomic mass is 9.82. The van der Waals surface area contributed by atoms with Crippen LogP contribution in [0.4, 0.5) is 0 Å². The second-order valence-corrected chi connectivity index (χ2v) is 4.97. The number of H-pyrrole nitrogens is 1. The van der Waals surface area contributed by atoms with Crippen LogP contribution < -0.4 is 11.2 Å². The normalized spacial score (nSPS) is 25.9. The van der Waals surface area contributed by atoms with Gasteiger partial charge in [-0.25, -0.2) is 4.79 Å². The number of nitrogens with zero attached hydrogens (tertiary/aromatic N) is 1. The van der Waals surface area contributed by atoms with E-state index >= 15 is 0 Å². The van der Waals surface area contributed by atoms with Gasteiger partial charge in [0.15, 0.2) is 0 Å². The highest BCUT2D eigenvalue weighted by molar-refractivity contribution is 6.40. The fourth-order valence-electron chi connectivity index (χ4n) is 2.26. The highest BCUT2D eigenvalue weighted by Crippen LogP contribution is 2.30. The minimum Gasteiger partial charge on any atom is -0.427 e. The third-order valence-corrected chi connectivity index (χ3v) is 3.37. The monoisotopic (exact) mass is 284 g/mol. The molecule has 0 spiro atoms. The van der Waals surface area contributed by atoms with E-state index in [-0.39, 0.29) is 19.2 Å². The second kappa shape index (κ2) is 5.92. The van der Waals surface area contributed by atoms with Gasteiger partial charge in [-0.2, -0.15) is 0 Å². The number of aromatic nitrogens is 2. The van der Waals surface area contributed by atoms with Crippen LogP contribution in [0.15, 0.2) is 15.8 Å². The second-order valence-electron chi connectivity index (χ2n) is 4.97. The zero-order valence-electron chi connectivity index (χ0n) is 11.0. The summed E-state index contributed by atoms with van der Waals surface area (Å²) >= 11 is 0. The van der Waals surface area contributed by atoms with Crippen molar-refractivity contribution in [3.8, 4) is 0 Å². The van der Waals surface area contributed by atoms with E-state index in [1.165, 1.54) is 10.8 Å². The Hall–Kier alpha value is -1.42. The Labute approximate surface area is 114 Å². The largest absolute Gasteiger partial charge is 0.451 e. The molecule has 2 rings (SSSR count). The van der Waals surface area contributed by atoms with Crippen molar-refractivity contribution < 1.29 is 19.9 Å². The molecule has 0 aromatic carbocycles. The maximum atomic E-state index is 11.7. The lowest BCUT2D eigenvalue weighted by Gasteiger charge is -2.16. The van der Waals surface area contributed by atoms with Crippen molar-refractivity contribution in [2.45, 2.75) is 44.5 Å². The fourth-order valence-corrected chi connectivity index (χ4v) is 2.26. The first kappa shape index (κ1) is 15.0. The fraction of sp³-hybridized carbons (Fsp3) is 0.636. The molecule has 1 saturated heterocycles. The number of hydrogen-bond donors (Lipinski definition) is 4. The SMILES string of the molecule is Cc1cn([C@H]2C[C@H](O)[C@@H](CCB(O)O)O2)c(=O)[nH]c1=O. The first-order valence-electron chi connectivity index (χ1n) is 6.40. The third kappa shape index (κ3) is 3.18. The number of aliphatic hydroxyl groups is 1. The molecule has 1 aromatic heterocycles. The van der Waals surface area contributed by atoms with Crippen LogP contribution in [-0.2, 0) is 4.74 Å². The van der Waals surface area contributed by atoms with Crippen LogP contribution >= 0.6 is 0 Å². The maximum Gasteiger partial charge on any atom is 0.451 e. The highest BCUT2D eigenvalue weighted by Gasteiger charge is 2.35. The van der Waals surface area contributed by atoms with Gasteiger partial charge in [0, 0.05) is 18.2 Å². The van der Waals surface area contributed by atoms with Crippen LogP contribution in [0.25, 0.3) is 0 Å². The molecule has 0 saturated carbocycles. The standard InChI is InChI=1S/C11H17BN2O6/c1-6-5-14(11(17)13-10(6)16)9-4-7(15)8(20-9)2-3-12(18)19/h5,7-9,15,18-19H,2-4H2,1H3,(H,13,16,17)/t7-,8+,9+/m0/s1. The Bertz CT molecular complexity index is 583. The van der Waals surface area contributed by atoms with Gasteiger partial charge < -0.3 is 19.9 Å². The average Bonchev–Trinajstić information content (AvgIpc) is 2.72. The molecule has 0 unspecified atom stereocenters. The Morgan fingerprint density at radius 1 is 1.50 bits per heavy atom. The summed E-state index contributed by atoms with van der Waals surface area (Å²) in [5.41, 5.74) is -0.678. The van der Waals surface area contributed by atoms with Crippen LogP contribution in [0, 0.1) is 6.92 Å². The third-order valence-electron chi connectivity index (χ3n) is 3.37. The Balaban J connectivity index is 2.14. The molecule has 1 aliphatic heterocycles. The molecule has 1 aliphatic rings. The highest BCUT2D eigenvalue weighted by atomic mass is 16.5. The Morgan fingerprint density at radius 3 is 2.85 bits per heavy atom. The van der Waals surface area contributed by atoms with E-state index in [1.54, 1.807) is 6.92 Å². The van der Waals surface area contributed by atoms with E-state index < -0.39 is 36.8 Å². The quantitative estimate of drug-likeness (QED) is 0.491. The van der Waals surface area contributed by atoms with Gasteiger partial charge in [0.2, 0.25) is 0 Å². The number of hydrogen-bond acceptors (Lipinski definition) is 6. The number of rotatable bonds is 4. The summed E-state index contributed by atoms with van der Waals surface area (Å²) in [6.07, 6.45) is -0.0903. The molecular formula is C11H17BN2O6. The van der Waals surface area contributed by atoms with Crippen molar-refractivity contribution in [2.75, 3.05) is 0 Å². The molecule has 3 atom stereocenters. The first-order valence-corrected chi connectivity index (χ1v) is 6.40.